The van der Waals surface area contributed by atoms with Crippen LogP contribution >= 0.6 is 11.8 Å². The van der Waals surface area contributed by atoms with Gasteiger partial charge in [-0.2, -0.15) is 0 Å². The van der Waals surface area contributed by atoms with Crippen LogP contribution in [0.1, 0.15) is 12.8 Å². The van der Waals surface area contributed by atoms with Crippen LogP contribution in [0, 0.1) is 0 Å². The minimum absolute atomic E-state index is 0.00287. The van der Waals surface area contributed by atoms with E-state index in [1.54, 1.807) is 30.4 Å². The molecule has 1 unspecified atom stereocenters. The molecular weight excluding hydrogens is 340 g/mol. The largest absolute Gasteiger partial charge is 0.461 e. The number of hydrogen-bond donors (Lipinski definition) is 0. The lowest BCUT2D eigenvalue weighted by molar-refractivity contribution is -0.151. The lowest BCUT2D eigenvalue weighted by Crippen LogP contribution is -2.39. The van der Waals surface area contributed by atoms with E-state index in [9.17, 15) is 9.59 Å². The molecule has 0 radical (unpaired) electrons. The molecule has 1 aliphatic rings. The summed E-state index contributed by atoms with van der Waals surface area (Å²) in [6.45, 7) is 0.610. The lowest BCUT2D eigenvalue weighted by atomic mass is 10.1. The Kier molecular flexibility index (Phi) is 5.60. The van der Waals surface area contributed by atoms with Crippen LogP contribution in [0.15, 0.2) is 41.8 Å². The molecule has 2 aromatic heterocycles. The highest BCUT2D eigenvalue weighted by Crippen LogP contribution is 2.19. The maximum absolute atomic E-state index is 12.0. The standard InChI is InChI=1S/C17H18N4O3S/c1-21-9-6-12(10-15(21)22)24-16(23)11-25-17-19-8-5-14(20-17)13-4-2-3-7-18-13/h2-5,7-8,12H,6,9-11H2,1H3. The van der Waals surface area contributed by atoms with Crippen molar-refractivity contribution in [3.05, 3.63) is 36.7 Å². The molecule has 2 aromatic rings. The third-order valence-corrected chi connectivity index (χ3v) is 4.63. The molecule has 0 aliphatic carbocycles. The van der Waals surface area contributed by atoms with Crippen molar-refractivity contribution in [1.29, 1.82) is 0 Å². The quantitative estimate of drug-likeness (QED) is 0.458. The zero-order valence-electron chi connectivity index (χ0n) is 13.8. The Hall–Kier alpha value is -2.48. The zero-order valence-corrected chi connectivity index (χ0v) is 14.6. The van der Waals surface area contributed by atoms with Gasteiger partial charge in [0.05, 0.1) is 23.6 Å². The first kappa shape index (κ1) is 17.3. The van der Waals surface area contributed by atoms with E-state index >= 15 is 0 Å². The number of pyridine rings is 1. The number of aromatic nitrogens is 3. The lowest BCUT2D eigenvalue weighted by Gasteiger charge is -2.28. The summed E-state index contributed by atoms with van der Waals surface area (Å²) in [7, 11) is 1.75. The van der Waals surface area contributed by atoms with Crippen LogP contribution in [0.3, 0.4) is 0 Å². The number of nitrogens with zero attached hydrogens (tertiary/aromatic N) is 4. The van der Waals surface area contributed by atoms with Gasteiger partial charge in [-0.15, -0.1) is 0 Å². The molecule has 0 aromatic carbocycles. The Morgan fingerprint density at radius 1 is 1.28 bits per heavy atom. The van der Waals surface area contributed by atoms with E-state index in [1.807, 2.05) is 18.2 Å². The van der Waals surface area contributed by atoms with E-state index in [0.29, 0.717) is 23.8 Å². The number of piperidine rings is 1. The molecule has 1 amide bonds. The number of amides is 1. The van der Waals surface area contributed by atoms with Crippen molar-refractivity contribution in [3.8, 4) is 11.4 Å². The number of rotatable bonds is 5. The SMILES string of the molecule is CN1CCC(OC(=O)CSc2nccc(-c3ccccn3)n2)CC1=O. The van der Waals surface area contributed by atoms with Crippen molar-refractivity contribution in [3.63, 3.8) is 0 Å². The summed E-state index contributed by atoms with van der Waals surface area (Å²) in [5.74, 6) is -0.256. The molecule has 7 nitrogen and oxygen atoms in total. The molecule has 1 fully saturated rings. The van der Waals surface area contributed by atoms with Crippen LogP contribution in [0.5, 0.6) is 0 Å². The predicted octanol–water partition coefficient (Wildman–Crippen LogP) is 1.79. The first-order valence-corrected chi connectivity index (χ1v) is 8.91. The van der Waals surface area contributed by atoms with Crippen LogP contribution in [0.4, 0.5) is 0 Å². The van der Waals surface area contributed by atoms with Gasteiger partial charge in [-0.25, -0.2) is 9.97 Å². The summed E-state index contributed by atoms with van der Waals surface area (Å²) in [5, 5.41) is 0.486. The topological polar surface area (TPSA) is 85.3 Å². The minimum atomic E-state index is -0.362. The van der Waals surface area contributed by atoms with Crippen molar-refractivity contribution in [2.75, 3.05) is 19.3 Å². The first-order chi connectivity index (χ1) is 12.1. The molecular formula is C17H18N4O3S. The molecule has 0 bridgehead atoms. The highest BCUT2D eigenvalue weighted by molar-refractivity contribution is 7.99. The van der Waals surface area contributed by atoms with Crippen LogP contribution in [-0.4, -0.2) is 57.2 Å². The summed E-state index contributed by atoms with van der Waals surface area (Å²) in [6, 6.07) is 7.36. The monoisotopic (exact) mass is 358 g/mol. The molecule has 8 heteroatoms. The highest BCUT2D eigenvalue weighted by Gasteiger charge is 2.26. The second kappa shape index (κ2) is 8.06. The van der Waals surface area contributed by atoms with Gasteiger partial charge >= 0.3 is 5.97 Å². The molecule has 1 aliphatic heterocycles. The number of carbonyl (C=O) groups is 2. The fourth-order valence-electron chi connectivity index (χ4n) is 2.43. The molecule has 25 heavy (non-hydrogen) atoms. The van der Waals surface area contributed by atoms with Crippen molar-refractivity contribution in [2.24, 2.45) is 0 Å². The van der Waals surface area contributed by atoms with E-state index in [-0.39, 0.29) is 30.2 Å². The Balaban J connectivity index is 1.53. The van der Waals surface area contributed by atoms with Gasteiger partial charge in [0.25, 0.3) is 0 Å². The average Bonchev–Trinajstić information content (AvgIpc) is 2.64. The van der Waals surface area contributed by atoms with E-state index in [4.69, 9.17) is 4.74 Å². The van der Waals surface area contributed by atoms with Crippen LogP contribution in [0.2, 0.25) is 0 Å². The van der Waals surface area contributed by atoms with Gasteiger partial charge in [0, 0.05) is 32.4 Å². The fraction of sp³-hybridized carbons (Fsp3) is 0.353. The summed E-state index contributed by atoms with van der Waals surface area (Å²) < 4.78 is 5.37. The van der Waals surface area contributed by atoms with Crippen molar-refractivity contribution in [1.82, 2.24) is 19.9 Å². The molecule has 3 rings (SSSR count). The maximum atomic E-state index is 12.0. The summed E-state index contributed by atoms with van der Waals surface area (Å²) in [6.07, 6.45) is 3.92. The smallest absolute Gasteiger partial charge is 0.316 e. The average molecular weight is 358 g/mol. The molecule has 1 atom stereocenters. The van der Waals surface area contributed by atoms with Gasteiger partial charge in [0.1, 0.15) is 6.10 Å². The summed E-state index contributed by atoms with van der Waals surface area (Å²) in [5.41, 5.74) is 1.45. The Morgan fingerprint density at radius 2 is 2.16 bits per heavy atom. The number of esters is 1. The van der Waals surface area contributed by atoms with Gasteiger partial charge in [-0.3, -0.25) is 14.6 Å². The Labute approximate surface area is 149 Å². The highest BCUT2D eigenvalue weighted by atomic mass is 32.2. The first-order valence-electron chi connectivity index (χ1n) is 7.92. The van der Waals surface area contributed by atoms with Crippen molar-refractivity contribution < 1.29 is 14.3 Å². The number of likely N-dealkylation sites (tertiary alicyclic amines) is 1. The number of hydrogen-bond acceptors (Lipinski definition) is 7. The summed E-state index contributed by atoms with van der Waals surface area (Å²) >= 11 is 1.21. The Morgan fingerprint density at radius 3 is 2.92 bits per heavy atom. The van der Waals surface area contributed by atoms with Gasteiger partial charge in [0.15, 0.2) is 5.16 Å². The predicted molar refractivity (Wildman–Crippen MR) is 92.7 cm³/mol. The molecule has 0 saturated carbocycles. The fourth-order valence-corrected chi connectivity index (χ4v) is 3.04. The molecule has 3 heterocycles. The van der Waals surface area contributed by atoms with Gasteiger partial charge in [0.2, 0.25) is 5.91 Å². The maximum Gasteiger partial charge on any atom is 0.316 e. The van der Waals surface area contributed by atoms with Crippen LogP contribution in [0.25, 0.3) is 11.4 Å². The van der Waals surface area contributed by atoms with E-state index in [0.717, 1.165) is 5.69 Å². The van der Waals surface area contributed by atoms with Crippen LogP contribution in [-0.2, 0) is 14.3 Å². The molecule has 0 N–H and O–H groups in total. The van der Waals surface area contributed by atoms with Crippen LogP contribution < -0.4 is 0 Å². The van der Waals surface area contributed by atoms with Crippen molar-refractivity contribution >= 4 is 23.6 Å². The third kappa shape index (κ3) is 4.76. The van der Waals surface area contributed by atoms with Crippen molar-refractivity contribution in [2.45, 2.75) is 24.1 Å². The van der Waals surface area contributed by atoms with Gasteiger partial charge < -0.3 is 9.64 Å². The summed E-state index contributed by atoms with van der Waals surface area (Å²) in [4.78, 5) is 38.1. The normalized spacial score (nSPS) is 17.4. The molecule has 130 valence electrons. The zero-order chi connectivity index (χ0) is 17.6. The number of ether oxygens (including phenoxy) is 1. The molecule has 1 saturated heterocycles. The number of thioether (sulfide) groups is 1. The molecule has 0 spiro atoms. The van der Waals surface area contributed by atoms with Gasteiger partial charge in [-0.1, -0.05) is 17.8 Å². The second-order valence-electron chi connectivity index (χ2n) is 5.65. The van der Waals surface area contributed by atoms with E-state index < -0.39 is 0 Å². The van der Waals surface area contributed by atoms with E-state index in [1.165, 1.54) is 11.8 Å². The number of carbonyl (C=O) groups excluding carboxylic acids is 2. The minimum Gasteiger partial charge on any atom is -0.461 e. The second-order valence-corrected chi connectivity index (χ2v) is 6.59. The van der Waals surface area contributed by atoms with Gasteiger partial charge in [-0.05, 0) is 18.2 Å². The third-order valence-electron chi connectivity index (χ3n) is 3.79. The van der Waals surface area contributed by atoms with E-state index in [2.05, 4.69) is 15.0 Å². The Bertz CT molecular complexity index is 757.